The highest BCUT2D eigenvalue weighted by molar-refractivity contribution is 7.59. The normalized spacial score (nSPS) is 23.6. The van der Waals surface area contributed by atoms with Gasteiger partial charge in [0.2, 0.25) is 7.37 Å². The van der Waals surface area contributed by atoms with Gasteiger partial charge in [-0.1, -0.05) is 121 Å². The summed E-state index contributed by atoms with van der Waals surface area (Å²) in [5, 5.41) is 7.00. The Morgan fingerprint density at radius 2 is 1.33 bits per heavy atom. The number of hydrogen-bond donors (Lipinski definition) is 2. The summed E-state index contributed by atoms with van der Waals surface area (Å²) in [6.07, 6.45) is -0.532. The highest BCUT2D eigenvalue weighted by Crippen LogP contribution is 2.73. The monoisotopic (exact) mass is 540 g/mol. The largest absolute Gasteiger partial charge is 0.465 e. The molecule has 2 N–H and O–H groups in total. The van der Waals surface area contributed by atoms with Crippen molar-refractivity contribution in [3.63, 3.8) is 0 Å². The zero-order valence-electron chi connectivity index (χ0n) is 21.9. The molecule has 7 heteroatoms. The minimum atomic E-state index is -3.66. The van der Waals surface area contributed by atoms with Gasteiger partial charge in [-0.3, -0.25) is 20.0 Å². The van der Waals surface area contributed by atoms with Crippen LogP contribution < -0.4 is 10.6 Å². The van der Waals surface area contributed by atoms with Gasteiger partial charge in [-0.2, -0.15) is 0 Å². The van der Waals surface area contributed by atoms with Gasteiger partial charge in [0, 0.05) is 0 Å². The van der Waals surface area contributed by atoms with Crippen LogP contribution in [0.5, 0.6) is 0 Å². The molecule has 5 rings (SSSR count). The minimum Gasteiger partial charge on any atom is -0.465 e. The summed E-state index contributed by atoms with van der Waals surface area (Å²) in [7, 11) is -3.66. The fourth-order valence-corrected chi connectivity index (χ4v) is 8.15. The van der Waals surface area contributed by atoms with Crippen LogP contribution in [-0.4, -0.2) is 19.1 Å². The Balaban J connectivity index is 1.64. The van der Waals surface area contributed by atoms with Crippen molar-refractivity contribution in [1.82, 2.24) is 10.6 Å². The van der Waals surface area contributed by atoms with Crippen molar-refractivity contribution in [3.05, 3.63) is 144 Å². The van der Waals surface area contributed by atoms with Crippen molar-refractivity contribution in [2.45, 2.75) is 30.6 Å². The van der Waals surface area contributed by atoms with Crippen LogP contribution in [0.25, 0.3) is 0 Å². The van der Waals surface area contributed by atoms with E-state index in [9.17, 15) is 4.79 Å². The second kappa shape index (κ2) is 12.5. The number of carbonyl (C=O) groups excluding carboxylic acids is 1. The maximum Gasteiger partial charge on any atom is 0.319 e. The van der Waals surface area contributed by atoms with Gasteiger partial charge in [0.05, 0.1) is 19.2 Å². The Morgan fingerprint density at radius 1 is 0.821 bits per heavy atom. The van der Waals surface area contributed by atoms with Crippen molar-refractivity contribution < 1.29 is 18.6 Å². The number of ether oxygens (including phenoxy) is 1. The van der Waals surface area contributed by atoms with Gasteiger partial charge in [0.1, 0.15) is 17.7 Å². The number of hydrogen-bond acceptors (Lipinski definition) is 6. The SMILES string of the molecule is CCOC(=O)CNC(c1ccccc1)[P@@]1(=O)O[C@H](c2ccccc2)[C@H](c2ccccc2)N[C@@H]1c1ccccc1. The highest BCUT2D eigenvalue weighted by atomic mass is 31.2. The minimum absolute atomic E-state index is 0.0968. The summed E-state index contributed by atoms with van der Waals surface area (Å²) >= 11 is 0. The van der Waals surface area contributed by atoms with Crippen LogP contribution in [0.2, 0.25) is 0 Å². The molecule has 0 amide bonds. The first-order valence-electron chi connectivity index (χ1n) is 13.2. The number of rotatable bonds is 9. The summed E-state index contributed by atoms with van der Waals surface area (Å²) in [5.74, 6) is -1.81. The molecule has 0 radical (unpaired) electrons. The molecule has 0 spiro atoms. The van der Waals surface area contributed by atoms with Crippen LogP contribution in [0.4, 0.5) is 0 Å². The standard InChI is InChI=1S/C32H33N2O4P/c1-2-37-28(35)23-33-31(26-19-11-5-12-20-26)39(36)32(27-21-13-6-14-22-27)34-29(24-15-7-3-8-16-24)30(38-39)25-17-9-4-10-18-25/h3-22,29-34H,2,23H2,1H3/t29-,30+,31?,32-,39+/m0/s1. The first kappa shape index (κ1) is 27.0. The van der Waals surface area contributed by atoms with E-state index in [-0.39, 0.29) is 19.2 Å². The Kier molecular flexibility index (Phi) is 8.70. The molecular weight excluding hydrogens is 507 g/mol. The number of benzene rings is 4. The molecule has 5 atom stereocenters. The molecule has 0 aromatic heterocycles. The van der Waals surface area contributed by atoms with E-state index < -0.39 is 31.0 Å². The molecule has 4 aromatic carbocycles. The Labute approximate surface area is 229 Å². The fraction of sp³-hybridized carbons (Fsp3) is 0.219. The van der Waals surface area contributed by atoms with E-state index in [0.29, 0.717) is 0 Å². The van der Waals surface area contributed by atoms with Gasteiger partial charge in [-0.15, -0.1) is 0 Å². The zero-order valence-corrected chi connectivity index (χ0v) is 22.7. The van der Waals surface area contributed by atoms with E-state index >= 15 is 4.57 Å². The lowest BCUT2D eigenvalue weighted by Crippen LogP contribution is -2.41. The van der Waals surface area contributed by atoms with Gasteiger partial charge in [-0.25, -0.2) is 0 Å². The van der Waals surface area contributed by atoms with Gasteiger partial charge in [-0.05, 0) is 29.2 Å². The molecule has 39 heavy (non-hydrogen) atoms. The lowest BCUT2D eigenvalue weighted by Gasteiger charge is -2.46. The third kappa shape index (κ3) is 6.05. The molecule has 1 heterocycles. The average molecular weight is 541 g/mol. The maximum absolute atomic E-state index is 15.5. The van der Waals surface area contributed by atoms with Crippen LogP contribution in [0, 0.1) is 0 Å². The van der Waals surface area contributed by atoms with E-state index in [1.165, 1.54) is 0 Å². The van der Waals surface area contributed by atoms with Crippen molar-refractivity contribution >= 4 is 13.3 Å². The summed E-state index contributed by atoms with van der Waals surface area (Å²) in [4.78, 5) is 12.4. The third-order valence-corrected chi connectivity index (χ3v) is 9.82. The molecule has 0 bridgehead atoms. The summed E-state index contributed by atoms with van der Waals surface area (Å²) in [6.45, 7) is 1.94. The van der Waals surface area contributed by atoms with Crippen LogP contribution in [-0.2, 0) is 18.6 Å². The number of carbonyl (C=O) groups is 1. The molecule has 0 aliphatic carbocycles. The van der Waals surface area contributed by atoms with Gasteiger partial charge in [0.25, 0.3) is 0 Å². The number of nitrogens with one attached hydrogen (secondary N) is 2. The molecule has 0 saturated carbocycles. The average Bonchev–Trinajstić information content (AvgIpc) is 2.99. The lowest BCUT2D eigenvalue weighted by atomic mass is 9.95. The summed E-state index contributed by atoms with van der Waals surface area (Å²) < 4.78 is 27.6. The molecule has 1 fully saturated rings. The second-order valence-corrected chi connectivity index (χ2v) is 12.0. The number of esters is 1. The van der Waals surface area contributed by atoms with Gasteiger partial charge in [0.15, 0.2) is 0 Å². The van der Waals surface area contributed by atoms with E-state index in [0.717, 1.165) is 22.3 Å². The first-order chi connectivity index (χ1) is 19.1. The zero-order chi connectivity index (χ0) is 27.1. The molecule has 4 aromatic rings. The van der Waals surface area contributed by atoms with Gasteiger partial charge < -0.3 is 9.26 Å². The summed E-state index contributed by atoms with van der Waals surface area (Å²) in [5.41, 5.74) is 3.59. The van der Waals surface area contributed by atoms with Gasteiger partial charge >= 0.3 is 5.97 Å². The van der Waals surface area contributed by atoms with Crippen LogP contribution in [0.3, 0.4) is 0 Å². The quantitative estimate of drug-likeness (QED) is 0.177. The Hall–Kier alpha value is -3.54. The molecule has 1 unspecified atom stereocenters. The predicted octanol–water partition coefficient (Wildman–Crippen LogP) is 6.92. The van der Waals surface area contributed by atoms with Crippen LogP contribution in [0.15, 0.2) is 121 Å². The molecule has 1 aliphatic heterocycles. The van der Waals surface area contributed by atoms with E-state index in [4.69, 9.17) is 9.26 Å². The Morgan fingerprint density at radius 3 is 1.90 bits per heavy atom. The maximum atomic E-state index is 15.5. The third-order valence-electron chi connectivity index (χ3n) is 6.90. The van der Waals surface area contributed by atoms with Crippen molar-refractivity contribution in [2.24, 2.45) is 0 Å². The smallest absolute Gasteiger partial charge is 0.319 e. The summed E-state index contributed by atoms with van der Waals surface area (Å²) in [6, 6.07) is 39.0. The van der Waals surface area contributed by atoms with Crippen molar-refractivity contribution in [1.29, 1.82) is 0 Å². The van der Waals surface area contributed by atoms with Crippen LogP contribution in [0.1, 0.15) is 52.9 Å². The predicted molar refractivity (Wildman–Crippen MR) is 153 cm³/mol. The fourth-order valence-electron chi connectivity index (χ4n) is 5.12. The highest BCUT2D eigenvalue weighted by Gasteiger charge is 2.52. The molecule has 1 aliphatic rings. The molecule has 1 saturated heterocycles. The van der Waals surface area contributed by atoms with Crippen molar-refractivity contribution in [2.75, 3.05) is 13.2 Å². The molecule has 6 nitrogen and oxygen atoms in total. The first-order valence-corrected chi connectivity index (χ1v) is 15.0. The van der Waals surface area contributed by atoms with Crippen LogP contribution >= 0.6 is 7.37 Å². The topological polar surface area (TPSA) is 76.7 Å². The van der Waals surface area contributed by atoms with E-state index in [1.807, 2.05) is 109 Å². The van der Waals surface area contributed by atoms with E-state index in [1.54, 1.807) is 6.92 Å². The van der Waals surface area contributed by atoms with E-state index in [2.05, 4.69) is 22.8 Å². The van der Waals surface area contributed by atoms with Crippen molar-refractivity contribution in [3.8, 4) is 0 Å². The lowest BCUT2D eigenvalue weighted by molar-refractivity contribution is -0.142. The molecular formula is C32H33N2O4P. The Bertz CT molecular complexity index is 1390. The second-order valence-electron chi connectivity index (χ2n) is 9.45. The molecule has 200 valence electrons.